The molecule has 0 bridgehead atoms. The van der Waals surface area contributed by atoms with Crippen LogP contribution in [0.4, 0.5) is 43.9 Å². The van der Waals surface area contributed by atoms with E-state index in [0.717, 1.165) is 23.1 Å². The van der Waals surface area contributed by atoms with Gasteiger partial charge in [0.25, 0.3) is 0 Å². The molecule has 3 N–H and O–H groups in total. The maximum atomic E-state index is 14.1. The number of halogens is 10. The number of nitrogens with one attached hydrogen (secondary N) is 1. The molecule has 0 amide bonds. The molecule has 0 saturated carbocycles. The molecule has 0 aliphatic carbocycles. The van der Waals surface area contributed by atoms with E-state index in [9.17, 15) is 43.9 Å². The molecule has 0 aromatic heterocycles. The summed E-state index contributed by atoms with van der Waals surface area (Å²) >= 11 is 0. The fraction of sp³-hybridized carbons (Fsp3) is 0.444. The Balaban J connectivity index is 0.00000372. The summed E-state index contributed by atoms with van der Waals surface area (Å²) in [4.78, 5) is 3.12. The number of ether oxygens (including phenoxy) is 1. The van der Waals surface area contributed by atoms with Crippen molar-refractivity contribution in [1.29, 1.82) is 5.26 Å². The Morgan fingerprint density at radius 3 is 1.98 bits per heavy atom. The van der Waals surface area contributed by atoms with E-state index in [4.69, 9.17) is 15.7 Å². The van der Waals surface area contributed by atoms with Gasteiger partial charge in [-0.15, -0.1) is 5.10 Å². The van der Waals surface area contributed by atoms with Gasteiger partial charge in [0.1, 0.15) is 23.7 Å². The maximum Gasteiger partial charge on any atom is 0.416 e. The summed E-state index contributed by atoms with van der Waals surface area (Å²) in [6.07, 6.45) is -14.0. The SMILES string of the molecule is CC.CCC(c1ccc(C(F)(F)F)cc1CN(Cc1cc(C(F)(F)F)cc(C(F)(F)F)c1)/C(N)=N/NC)N1CCC(Oc2ccc(C#N)c(F)c2)CC1. The molecule has 1 fully saturated rings. The average molecular weight is 763 g/mol. The van der Waals surface area contributed by atoms with Crippen molar-refractivity contribution in [2.24, 2.45) is 10.8 Å². The van der Waals surface area contributed by atoms with Gasteiger partial charge < -0.3 is 20.8 Å². The lowest BCUT2D eigenvalue weighted by molar-refractivity contribution is -0.143. The zero-order valence-corrected chi connectivity index (χ0v) is 29.4. The van der Waals surface area contributed by atoms with E-state index < -0.39 is 71.7 Å². The van der Waals surface area contributed by atoms with Gasteiger partial charge >= 0.3 is 18.5 Å². The zero-order chi connectivity index (χ0) is 39.7. The number of nitrogens with zero attached hydrogens (tertiary/aromatic N) is 4. The summed E-state index contributed by atoms with van der Waals surface area (Å²) in [5, 5.41) is 12.8. The van der Waals surface area contributed by atoms with Crippen LogP contribution in [0.5, 0.6) is 5.75 Å². The van der Waals surface area contributed by atoms with Crippen molar-refractivity contribution in [2.45, 2.75) is 83.8 Å². The maximum absolute atomic E-state index is 14.1. The summed E-state index contributed by atoms with van der Waals surface area (Å²) in [5.41, 5.74) is 4.29. The second-order valence-electron chi connectivity index (χ2n) is 11.9. The fourth-order valence-electron chi connectivity index (χ4n) is 6.02. The van der Waals surface area contributed by atoms with Crippen LogP contribution in [0, 0.1) is 17.1 Å². The lowest BCUT2D eigenvalue weighted by Gasteiger charge is -2.38. The van der Waals surface area contributed by atoms with Crippen LogP contribution in [-0.2, 0) is 31.6 Å². The van der Waals surface area contributed by atoms with Crippen LogP contribution in [0.15, 0.2) is 59.7 Å². The number of hydrogen-bond donors (Lipinski definition) is 2. The van der Waals surface area contributed by atoms with Crippen molar-refractivity contribution >= 4 is 5.96 Å². The van der Waals surface area contributed by atoms with Crippen molar-refractivity contribution in [1.82, 2.24) is 15.2 Å². The van der Waals surface area contributed by atoms with Gasteiger partial charge in [-0.1, -0.05) is 26.8 Å². The summed E-state index contributed by atoms with van der Waals surface area (Å²) in [5.74, 6) is -0.875. The van der Waals surface area contributed by atoms with Crippen LogP contribution in [0.2, 0.25) is 0 Å². The Bertz CT molecular complexity index is 1710. The van der Waals surface area contributed by atoms with Gasteiger partial charge in [-0.25, -0.2) is 4.39 Å². The third kappa shape index (κ3) is 11.4. The highest BCUT2D eigenvalue weighted by Crippen LogP contribution is 2.38. The molecule has 3 aromatic carbocycles. The van der Waals surface area contributed by atoms with Crippen LogP contribution < -0.4 is 15.9 Å². The second kappa shape index (κ2) is 17.9. The number of guanidine groups is 1. The van der Waals surface area contributed by atoms with Crippen molar-refractivity contribution in [3.8, 4) is 11.8 Å². The third-order valence-electron chi connectivity index (χ3n) is 8.43. The number of nitriles is 1. The average Bonchev–Trinajstić information content (AvgIpc) is 3.09. The monoisotopic (exact) mass is 762 g/mol. The molecule has 1 unspecified atom stereocenters. The third-order valence-corrected chi connectivity index (χ3v) is 8.43. The minimum Gasteiger partial charge on any atom is -0.490 e. The molecule has 1 aliphatic rings. The lowest BCUT2D eigenvalue weighted by Crippen LogP contribution is -2.41. The molecular formula is C36H40F10N6O. The van der Waals surface area contributed by atoms with Crippen LogP contribution in [-0.4, -0.2) is 42.0 Å². The number of nitrogens with two attached hydrogens (primary N) is 1. The Morgan fingerprint density at radius 1 is 0.906 bits per heavy atom. The minimum atomic E-state index is -5.12. The predicted octanol–water partition coefficient (Wildman–Crippen LogP) is 9.23. The van der Waals surface area contributed by atoms with Crippen molar-refractivity contribution in [3.63, 3.8) is 0 Å². The van der Waals surface area contributed by atoms with Gasteiger partial charge in [-0.3, -0.25) is 4.90 Å². The number of hydrazone groups is 1. The highest BCUT2D eigenvalue weighted by Gasteiger charge is 2.38. The smallest absolute Gasteiger partial charge is 0.416 e. The van der Waals surface area contributed by atoms with Gasteiger partial charge in [-0.05, 0) is 78.4 Å². The Morgan fingerprint density at radius 2 is 1.49 bits per heavy atom. The topological polar surface area (TPSA) is 89.9 Å². The molecule has 1 saturated heterocycles. The highest BCUT2D eigenvalue weighted by molar-refractivity contribution is 5.78. The van der Waals surface area contributed by atoms with Crippen LogP contribution in [0.1, 0.15) is 85.0 Å². The number of likely N-dealkylation sites (tertiary alicyclic amines) is 1. The van der Waals surface area contributed by atoms with Gasteiger partial charge in [-0.2, -0.15) is 44.8 Å². The molecular weight excluding hydrogens is 722 g/mol. The van der Waals surface area contributed by atoms with E-state index in [1.54, 1.807) is 6.07 Å². The van der Waals surface area contributed by atoms with E-state index in [1.807, 2.05) is 25.7 Å². The first kappa shape index (κ1) is 42.7. The van der Waals surface area contributed by atoms with E-state index >= 15 is 0 Å². The Labute approximate surface area is 301 Å². The van der Waals surface area contributed by atoms with Crippen LogP contribution in [0.25, 0.3) is 0 Å². The molecule has 53 heavy (non-hydrogen) atoms. The van der Waals surface area contributed by atoms with E-state index in [-0.39, 0.29) is 29.0 Å². The lowest BCUT2D eigenvalue weighted by atomic mass is 9.92. The molecule has 3 aromatic rings. The summed E-state index contributed by atoms with van der Waals surface area (Å²) in [6.45, 7) is 5.58. The normalized spacial score (nSPS) is 15.2. The van der Waals surface area contributed by atoms with E-state index in [1.165, 1.54) is 25.2 Å². The van der Waals surface area contributed by atoms with Gasteiger partial charge in [0, 0.05) is 45.3 Å². The standard InChI is InChI=1S/C34H34F10N6O.C2H6/c1-3-30(49-10-8-26(9-11-49)51-27-6-4-21(17-45)29(35)16-27)28-7-5-23(32(36,37)38)14-22(28)19-50(31(46)48-47-2)18-20-12-24(33(39,40)41)15-25(13-20)34(42,43)44;1-2/h4-7,12-16,26,30,47H,3,8-11,18-19H2,1-2H3,(H2,46,48);1-2H3. The van der Waals surface area contributed by atoms with Crippen molar-refractivity contribution in [3.05, 3.63) is 99.4 Å². The minimum absolute atomic E-state index is 0.0213. The number of rotatable bonds is 10. The van der Waals surface area contributed by atoms with Crippen LogP contribution >= 0.6 is 0 Å². The quantitative estimate of drug-likeness (QED) is 0.0927. The summed E-state index contributed by atoms with van der Waals surface area (Å²) in [6, 6.07) is 9.32. The zero-order valence-electron chi connectivity index (χ0n) is 29.4. The number of hydrogen-bond acceptors (Lipinski definition) is 5. The molecule has 7 nitrogen and oxygen atoms in total. The molecule has 290 valence electrons. The number of piperidine rings is 1. The molecule has 0 spiro atoms. The van der Waals surface area contributed by atoms with Gasteiger partial charge in [0.15, 0.2) is 0 Å². The molecule has 0 radical (unpaired) electrons. The number of alkyl halides is 9. The molecule has 1 aliphatic heterocycles. The molecule has 1 atom stereocenters. The first-order chi connectivity index (χ1) is 24.8. The van der Waals surface area contributed by atoms with E-state index in [2.05, 4.69) is 10.5 Å². The molecule has 17 heteroatoms. The summed E-state index contributed by atoms with van der Waals surface area (Å²) < 4.78 is 144. The Hall–Kier alpha value is -4.72. The van der Waals surface area contributed by atoms with Crippen molar-refractivity contribution < 1.29 is 48.6 Å². The second-order valence-corrected chi connectivity index (χ2v) is 11.9. The van der Waals surface area contributed by atoms with Crippen LogP contribution in [0.3, 0.4) is 0 Å². The van der Waals surface area contributed by atoms with Crippen molar-refractivity contribution in [2.75, 3.05) is 20.1 Å². The summed E-state index contributed by atoms with van der Waals surface area (Å²) in [7, 11) is 1.34. The largest absolute Gasteiger partial charge is 0.490 e. The first-order valence-electron chi connectivity index (χ1n) is 16.7. The van der Waals surface area contributed by atoms with E-state index in [0.29, 0.717) is 50.0 Å². The fourth-order valence-corrected chi connectivity index (χ4v) is 6.02. The predicted molar refractivity (Wildman–Crippen MR) is 179 cm³/mol. The van der Waals surface area contributed by atoms with Gasteiger partial charge in [0.2, 0.25) is 5.96 Å². The molecule has 1 heterocycles. The Kier molecular flexibility index (Phi) is 14.4. The number of benzene rings is 3. The highest BCUT2D eigenvalue weighted by atomic mass is 19.4. The molecule has 4 rings (SSSR count). The van der Waals surface area contributed by atoms with Gasteiger partial charge in [0.05, 0.1) is 22.3 Å². The first-order valence-corrected chi connectivity index (χ1v) is 16.7.